The lowest BCUT2D eigenvalue weighted by Crippen LogP contribution is -2.40. The van der Waals surface area contributed by atoms with E-state index >= 15 is 0 Å². The van der Waals surface area contributed by atoms with Crippen molar-refractivity contribution in [2.75, 3.05) is 39.7 Å². The van der Waals surface area contributed by atoms with Crippen LogP contribution < -0.4 is 15.4 Å². The van der Waals surface area contributed by atoms with E-state index in [9.17, 15) is 23.4 Å². The SMILES string of the molecule is CNCCCc1cn(S(=O)(=O)c2ccccc2)c2ncnc(Nc3ccc(OC)c(CN(C)C(CO)C(=O)O)c3)c12. The minimum absolute atomic E-state index is 0.151. The molecule has 2 heterocycles. The lowest BCUT2D eigenvalue weighted by molar-refractivity contribution is -0.144. The Morgan fingerprint density at radius 3 is 2.56 bits per heavy atom. The number of likely N-dealkylation sites (N-methyl/N-ethyl adjacent to an activating group) is 1. The molecule has 0 aliphatic rings. The molecule has 1 unspecified atom stereocenters. The summed E-state index contributed by atoms with van der Waals surface area (Å²) in [6.45, 7) is 0.398. The van der Waals surface area contributed by atoms with Gasteiger partial charge in [-0.15, -0.1) is 0 Å². The zero-order chi connectivity index (χ0) is 29.6. The second-order valence-corrected chi connectivity index (χ2v) is 11.3. The highest BCUT2D eigenvalue weighted by molar-refractivity contribution is 7.90. The summed E-state index contributed by atoms with van der Waals surface area (Å²) in [5.74, 6) is -0.155. The van der Waals surface area contributed by atoms with Crippen molar-refractivity contribution in [3.8, 4) is 5.75 Å². The number of carbonyl (C=O) groups is 1. The summed E-state index contributed by atoms with van der Waals surface area (Å²) in [6, 6.07) is 12.5. The molecule has 0 saturated heterocycles. The van der Waals surface area contributed by atoms with Gasteiger partial charge in [0.05, 0.1) is 24.0 Å². The summed E-state index contributed by atoms with van der Waals surface area (Å²) in [5, 5.41) is 26.0. The van der Waals surface area contributed by atoms with E-state index in [4.69, 9.17) is 4.74 Å². The first-order valence-corrected chi connectivity index (χ1v) is 14.4. The van der Waals surface area contributed by atoms with Crippen LogP contribution in [0.1, 0.15) is 17.5 Å². The van der Waals surface area contributed by atoms with Gasteiger partial charge < -0.3 is 25.6 Å². The number of hydrogen-bond donors (Lipinski definition) is 4. The van der Waals surface area contributed by atoms with Gasteiger partial charge in [0.15, 0.2) is 5.65 Å². The second-order valence-electron chi connectivity index (χ2n) is 9.50. The Labute approximate surface area is 238 Å². The molecule has 218 valence electrons. The molecule has 0 spiro atoms. The number of nitrogens with one attached hydrogen (secondary N) is 2. The molecule has 4 aromatic rings. The Hall–Kier alpha value is -4.04. The van der Waals surface area contributed by atoms with Crippen LogP contribution in [-0.2, 0) is 27.8 Å². The lowest BCUT2D eigenvalue weighted by atomic mass is 10.1. The third-order valence-corrected chi connectivity index (χ3v) is 8.42. The van der Waals surface area contributed by atoms with Crippen LogP contribution in [-0.4, -0.2) is 83.8 Å². The number of benzene rings is 2. The highest BCUT2D eigenvalue weighted by Crippen LogP contribution is 2.33. The molecular formula is C28H34N6O6S. The van der Waals surface area contributed by atoms with Crippen molar-refractivity contribution in [1.29, 1.82) is 0 Å². The third-order valence-electron chi connectivity index (χ3n) is 6.76. The second kappa shape index (κ2) is 13.1. The average molecular weight is 583 g/mol. The van der Waals surface area contributed by atoms with E-state index in [2.05, 4.69) is 20.6 Å². The molecule has 13 heteroatoms. The van der Waals surface area contributed by atoms with Crippen molar-refractivity contribution in [3.05, 3.63) is 72.2 Å². The summed E-state index contributed by atoms with van der Waals surface area (Å²) in [5.41, 5.74) is 2.35. The predicted octanol–water partition coefficient (Wildman–Crippen LogP) is 2.45. The number of carboxylic acids is 1. The third kappa shape index (κ3) is 6.49. The minimum atomic E-state index is -3.92. The molecule has 12 nitrogen and oxygen atoms in total. The maximum Gasteiger partial charge on any atom is 0.323 e. The maximum absolute atomic E-state index is 13.6. The number of fused-ring (bicyclic) bond motifs is 1. The number of aryl methyl sites for hydroxylation is 1. The summed E-state index contributed by atoms with van der Waals surface area (Å²) >= 11 is 0. The molecule has 1 atom stereocenters. The molecule has 0 saturated carbocycles. The van der Waals surface area contributed by atoms with E-state index in [-0.39, 0.29) is 17.1 Å². The molecule has 2 aromatic heterocycles. The lowest BCUT2D eigenvalue weighted by Gasteiger charge is -2.24. The fraction of sp³-hybridized carbons (Fsp3) is 0.321. The van der Waals surface area contributed by atoms with Crippen LogP contribution in [0.4, 0.5) is 11.5 Å². The van der Waals surface area contributed by atoms with Gasteiger partial charge in [-0.05, 0) is 69.4 Å². The molecule has 0 bridgehead atoms. The first kappa shape index (κ1) is 29.9. The topological polar surface area (TPSA) is 159 Å². The molecular weight excluding hydrogens is 548 g/mol. The molecule has 0 aliphatic carbocycles. The van der Waals surface area contributed by atoms with Gasteiger partial charge in [0.2, 0.25) is 0 Å². The van der Waals surface area contributed by atoms with Gasteiger partial charge in [0.1, 0.15) is 23.9 Å². The van der Waals surface area contributed by atoms with Crippen molar-refractivity contribution in [1.82, 2.24) is 24.2 Å². The number of anilines is 2. The van der Waals surface area contributed by atoms with Gasteiger partial charge >= 0.3 is 5.97 Å². The number of ether oxygens (including phenoxy) is 1. The first-order chi connectivity index (χ1) is 19.7. The molecule has 2 aromatic carbocycles. The smallest absolute Gasteiger partial charge is 0.323 e. The Bertz CT molecular complexity index is 1610. The van der Waals surface area contributed by atoms with Gasteiger partial charge in [0.25, 0.3) is 10.0 Å². The van der Waals surface area contributed by atoms with Crippen molar-refractivity contribution in [2.24, 2.45) is 0 Å². The van der Waals surface area contributed by atoms with Gasteiger partial charge in [-0.2, -0.15) is 0 Å². The highest BCUT2D eigenvalue weighted by atomic mass is 32.2. The van der Waals surface area contributed by atoms with Gasteiger partial charge in [-0.3, -0.25) is 9.69 Å². The van der Waals surface area contributed by atoms with Crippen LogP contribution in [0.3, 0.4) is 0 Å². The monoisotopic (exact) mass is 582 g/mol. The number of carboxylic acid groups (broad SMARTS) is 1. The average Bonchev–Trinajstić information content (AvgIpc) is 3.34. The first-order valence-electron chi connectivity index (χ1n) is 13.0. The van der Waals surface area contributed by atoms with E-state index in [1.54, 1.807) is 61.8 Å². The summed E-state index contributed by atoms with van der Waals surface area (Å²) in [6.07, 6.45) is 4.28. The maximum atomic E-state index is 13.6. The molecule has 0 fully saturated rings. The van der Waals surface area contributed by atoms with Crippen LogP contribution in [0.2, 0.25) is 0 Å². The van der Waals surface area contributed by atoms with Crippen LogP contribution in [0.25, 0.3) is 11.0 Å². The van der Waals surface area contributed by atoms with E-state index in [1.165, 1.54) is 22.3 Å². The number of rotatable bonds is 14. The number of aliphatic carboxylic acids is 1. The van der Waals surface area contributed by atoms with Crippen LogP contribution in [0.5, 0.6) is 5.75 Å². The molecule has 4 rings (SSSR count). The van der Waals surface area contributed by atoms with Crippen molar-refractivity contribution < 1.29 is 28.2 Å². The van der Waals surface area contributed by atoms with Crippen LogP contribution in [0, 0.1) is 0 Å². The van der Waals surface area contributed by atoms with Gasteiger partial charge in [0, 0.05) is 24.0 Å². The molecule has 0 amide bonds. The van der Waals surface area contributed by atoms with Crippen LogP contribution in [0.15, 0.2) is 66.0 Å². The van der Waals surface area contributed by atoms with Crippen molar-refractivity contribution >= 4 is 38.5 Å². The number of nitrogens with zero attached hydrogens (tertiary/aromatic N) is 4. The fourth-order valence-corrected chi connectivity index (χ4v) is 6.00. The van der Waals surface area contributed by atoms with Crippen LogP contribution >= 0.6 is 0 Å². The Morgan fingerprint density at radius 2 is 1.90 bits per heavy atom. The Kier molecular flexibility index (Phi) is 9.55. The zero-order valence-corrected chi connectivity index (χ0v) is 23.9. The number of aliphatic hydroxyl groups is 1. The van der Waals surface area contributed by atoms with Gasteiger partial charge in [-0.1, -0.05) is 18.2 Å². The van der Waals surface area contributed by atoms with E-state index in [0.717, 1.165) is 18.5 Å². The van der Waals surface area contributed by atoms with E-state index < -0.39 is 28.6 Å². The summed E-state index contributed by atoms with van der Waals surface area (Å²) in [4.78, 5) is 22.0. The zero-order valence-electron chi connectivity index (χ0n) is 23.1. The highest BCUT2D eigenvalue weighted by Gasteiger charge is 2.25. The molecule has 4 N–H and O–H groups in total. The fourth-order valence-electron chi connectivity index (χ4n) is 4.64. The Balaban J connectivity index is 1.77. The summed E-state index contributed by atoms with van der Waals surface area (Å²) < 4.78 is 33.9. The Morgan fingerprint density at radius 1 is 1.15 bits per heavy atom. The van der Waals surface area contributed by atoms with Crippen molar-refractivity contribution in [3.63, 3.8) is 0 Å². The minimum Gasteiger partial charge on any atom is -0.496 e. The molecule has 0 radical (unpaired) electrons. The standard InChI is InChI=1S/C28H34N6O6S/c1-29-13-7-8-19-16-34(41(38,39)22-9-5-4-6-10-22)27-25(19)26(30-18-31-27)32-21-11-12-24(40-3)20(14-21)15-33(2)23(17-35)28(36)37/h4-6,9-12,14,16,18,23,29,35H,7-8,13,15,17H2,1-3H3,(H,36,37)(H,30,31,32). The van der Waals surface area contributed by atoms with Gasteiger partial charge in [-0.25, -0.2) is 22.4 Å². The van der Waals surface area contributed by atoms with Crippen molar-refractivity contribution in [2.45, 2.75) is 30.3 Å². The van der Waals surface area contributed by atoms with E-state index in [0.29, 0.717) is 34.6 Å². The van der Waals surface area contributed by atoms with E-state index in [1.807, 2.05) is 7.05 Å². The summed E-state index contributed by atoms with van der Waals surface area (Å²) in [7, 11) is 1.07. The number of hydrogen-bond acceptors (Lipinski definition) is 10. The quantitative estimate of drug-likeness (QED) is 0.162. The number of aliphatic hydroxyl groups excluding tert-OH is 1. The number of methoxy groups -OCH3 is 1. The predicted molar refractivity (Wildman–Crippen MR) is 155 cm³/mol. The number of aromatic nitrogens is 3. The molecule has 41 heavy (non-hydrogen) atoms. The normalized spacial score (nSPS) is 12.5. The molecule has 0 aliphatic heterocycles. The largest absolute Gasteiger partial charge is 0.496 e.